The Morgan fingerprint density at radius 2 is 1.82 bits per heavy atom. The molecule has 17 heavy (non-hydrogen) atoms. The molecular weight excluding hydrogens is 217 g/mol. The number of nitrogens with zero attached hydrogens (tertiary/aromatic N) is 2. The Morgan fingerprint density at radius 1 is 1.24 bits per heavy atom. The zero-order valence-corrected chi connectivity index (χ0v) is 11.1. The fourth-order valence-electron chi connectivity index (χ4n) is 2.62. The quantitative estimate of drug-likeness (QED) is 0.878. The maximum absolute atomic E-state index is 13.7. The van der Waals surface area contributed by atoms with E-state index in [0.29, 0.717) is 28.3 Å². The Labute approximate surface area is 102 Å². The Hall–Kier alpha value is -1.19. The highest BCUT2D eigenvalue weighted by molar-refractivity contribution is 5.37. The van der Waals surface area contributed by atoms with Gasteiger partial charge in [-0.2, -0.15) is 0 Å². The fourth-order valence-corrected chi connectivity index (χ4v) is 2.62. The molecule has 1 N–H and O–H groups in total. The Morgan fingerprint density at radius 3 is 2.35 bits per heavy atom. The van der Waals surface area contributed by atoms with E-state index in [2.05, 4.69) is 43.0 Å². The van der Waals surface area contributed by atoms with Gasteiger partial charge in [0.1, 0.15) is 6.33 Å². The van der Waals surface area contributed by atoms with Gasteiger partial charge in [0.2, 0.25) is 0 Å². The first kappa shape index (κ1) is 12.3. The number of aromatic nitrogens is 2. The van der Waals surface area contributed by atoms with Crippen LogP contribution in [-0.2, 0) is 0 Å². The van der Waals surface area contributed by atoms with Crippen LogP contribution in [0.2, 0.25) is 0 Å². The molecule has 0 aliphatic heterocycles. The fraction of sp³-hybridized carbons (Fsp3) is 0.692. The number of anilines is 1. The molecule has 1 heterocycles. The molecule has 1 aliphatic carbocycles. The molecule has 1 aromatic rings. The smallest absolute Gasteiger partial charge is 0.186 e. The first-order valence-electron chi connectivity index (χ1n) is 5.99. The highest BCUT2D eigenvalue weighted by Gasteiger charge is 2.64. The van der Waals surface area contributed by atoms with Gasteiger partial charge in [0.25, 0.3) is 0 Å². The highest BCUT2D eigenvalue weighted by atomic mass is 19.1. The Bertz CT molecular complexity index is 426. The SMILES string of the molecule is Cc1ncnc(NCC2C(C)(C)C2(C)C)c1F. The average Bonchev–Trinajstić information content (AvgIpc) is 2.61. The van der Waals surface area contributed by atoms with Crippen LogP contribution < -0.4 is 5.32 Å². The van der Waals surface area contributed by atoms with Crippen molar-refractivity contribution in [2.75, 3.05) is 11.9 Å². The van der Waals surface area contributed by atoms with Crippen molar-refractivity contribution >= 4 is 5.82 Å². The summed E-state index contributed by atoms with van der Waals surface area (Å²) in [6, 6.07) is 0. The number of aryl methyl sites for hydroxylation is 1. The van der Waals surface area contributed by atoms with Gasteiger partial charge in [0.15, 0.2) is 11.6 Å². The summed E-state index contributed by atoms with van der Waals surface area (Å²) < 4.78 is 13.7. The Kier molecular flexibility index (Phi) is 2.64. The van der Waals surface area contributed by atoms with Crippen LogP contribution in [0.5, 0.6) is 0 Å². The lowest BCUT2D eigenvalue weighted by atomic mass is 10.0. The van der Waals surface area contributed by atoms with E-state index in [1.807, 2.05) is 0 Å². The van der Waals surface area contributed by atoms with Crippen molar-refractivity contribution in [1.29, 1.82) is 0 Å². The van der Waals surface area contributed by atoms with Crippen LogP contribution in [0.15, 0.2) is 6.33 Å². The minimum Gasteiger partial charge on any atom is -0.367 e. The standard InChI is InChI=1S/C13H20FN3/c1-8-10(14)11(17-7-16-8)15-6-9-12(2,3)13(9,4)5/h7,9H,6H2,1-5H3,(H,15,16,17). The van der Waals surface area contributed by atoms with Gasteiger partial charge in [0, 0.05) is 6.54 Å². The molecular formula is C13H20FN3. The third-order valence-corrected chi connectivity index (χ3v) is 4.76. The van der Waals surface area contributed by atoms with Gasteiger partial charge in [-0.3, -0.25) is 0 Å². The van der Waals surface area contributed by atoms with Crippen molar-refractivity contribution in [2.24, 2.45) is 16.7 Å². The van der Waals surface area contributed by atoms with Gasteiger partial charge in [-0.1, -0.05) is 27.7 Å². The number of nitrogens with one attached hydrogen (secondary N) is 1. The summed E-state index contributed by atoms with van der Waals surface area (Å²) in [4.78, 5) is 7.75. The maximum atomic E-state index is 13.7. The second-order valence-electron chi connectivity index (χ2n) is 6.00. The van der Waals surface area contributed by atoms with Crippen molar-refractivity contribution in [2.45, 2.75) is 34.6 Å². The second-order valence-corrected chi connectivity index (χ2v) is 6.00. The summed E-state index contributed by atoms with van der Waals surface area (Å²) in [6.45, 7) is 11.4. The van der Waals surface area contributed by atoms with Gasteiger partial charge < -0.3 is 5.32 Å². The minimum absolute atomic E-state index is 0.304. The molecule has 0 unspecified atom stereocenters. The molecule has 1 aliphatic rings. The Balaban J connectivity index is 2.03. The van der Waals surface area contributed by atoms with E-state index in [1.54, 1.807) is 6.92 Å². The summed E-state index contributed by atoms with van der Waals surface area (Å²) in [6.07, 6.45) is 1.39. The van der Waals surface area contributed by atoms with E-state index in [1.165, 1.54) is 6.33 Å². The lowest BCUT2D eigenvalue weighted by molar-refractivity contribution is 0.457. The lowest BCUT2D eigenvalue weighted by Gasteiger charge is -2.08. The van der Waals surface area contributed by atoms with Crippen LogP contribution in [0.25, 0.3) is 0 Å². The zero-order chi connectivity index (χ0) is 12.8. The van der Waals surface area contributed by atoms with Gasteiger partial charge in [-0.05, 0) is 23.7 Å². The average molecular weight is 237 g/mol. The van der Waals surface area contributed by atoms with E-state index in [-0.39, 0.29) is 5.82 Å². The minimum atomic E-state index is -0.344. The molecule has 0 atom stereocenters. The molecule has 3 nitrogen and oxygen atoms in total. The summed E-state index contributed by atoms with van der Waals surface area (Å²) in [7, 11) is 0. The molecule has 1 aromatic heterocycles. The van der Waals surface area contributed by atoms with Crippen molar-refractivity contribution in [3.63, 3.8) is 0 Å². The lowest BCUT2D eigenvalue weighted by Crippen LogP contribution is -2.11. The van der Waals surface area contributed by atoms with E-state index in [0.717, 1.165) is 6.54 Å². The topological polar surface area (TPSA) is 37.8 Å². The number of halogens is 1. The number of hydrogen-bond acceptors (Lipinski definition) is 3. The van der Waals surface area contributed by atoms with E-state index in [4.69, 9.17) is 0 Å². The van der Waals surface area contributed by atoms with Crippen molar-refractivity contribution < 1.29 is 4.39 Å². The van der Waals surface area contributed by atoms with Crippen molar-refractivity contribution in [3.05, 3.63) is 17.8 Å². The van der Waals surface area contributed by atoms with Crippen molar-refractivity contribution in [3.8, 4) is 0 Å². The maximum Gasteiger partial charge on any atom is 0.186 e. The molecule has 0 amide bonds. The summed E-state index contributed by atoms with van der Waals surface area (Å²) in [5.41, 5.74) is 0.994. The summed E-state index contributed by atoms with van der Waals surface area (Å²) >= 11 is 0. The summed E-state index contributed by atoms with van der Waals surface area (Å²) in [5, 5.41) is 3.10. The normalized spacial score (nSPS) is 21.3. The van der Waals surface area contributed by atoms with E-state index < -0.39 is 0 Å². The van der Waals surface area contributed by atoms with Crippen LogP contribution in [0.1, 0.15) is 33.4 Å². The first-order chi connectivity index (χ1) is 7.78. The van der Waals surface area contributed by atoms with Gasteiger partial charge in [-0.25, -0.2) is 14.4 Å². The number of rotatable bonds is 3. The predicted octanol–water partition coefficient (Wildman–Crippen LogP) is 3.02. The molecule has 0 saturated heterocycles. The molecule has 1 fully saturated rings. The zero-order valence-electron chi connectivity index (χ0n) is 11.1. The van der Waals surface area contributed by atoms with Crippen molar-refractivity contribution in [1.82, 2.24) is 9.97 Å². The monoisotopic (exact) mass is 237 g/mol. The number of hydrogen-bond donors (Lipinski definition) is 1. The van der Waals surface area contributed by atoms with Crippen LogP contribution in [0, 0.1) is 29.5 Å². The second kappa shape index (κ2) is 3.65. The van der Waals surface area contributed by atoms with Gasteiger partial charge in [-0.15, -0.1) is 0 Å². The van der Waals surface area contributed by atoms with E-state index in [9.17, 15) is 4.39 Å². The van der Waals surface area contributed by atoms with Crippen LogP contribution in [0.4, 0.5) is 10.2 Å². The van der Waals surface area contributed by atoms with Gasteiger partial charge >= 0.3 is 0 Å². The highest BCUT2D eigenvalue weighted by Crippen LogP contribution is 2.68. The molecule has 0 aromatic carbocycles. The molecule has 1 saturated carbocycles. The van der Waals surface area contributed by atoms with Crippen LogP contribution in [0.3, 0.4) is 0 Å². The largest absolute Gasteiger partial charge is 0.367 e. The molecule has 0 radical (unpaired) electrons. The predicted molar refractivity (Wildman–Crippen MR) is 66.3 cm³/mol. The third kappa shape index (κ3) is 1.79. The molecule has 0 spiro atoms. The molecule has 2 rings (SSSR count). The van der Waals surface area contributed by atoms with Crippen LogP contribution >= 0.6 is 0 Å². The molecule has 94 valence electrons. The van der Waals surface area contributed by atoms with E-state index >= 15 is 0 Å². The van der Waals surface area contributed by atoms with Crippen LogP contribution in [-0.4, -0.2) is 16.5 Å². The molecule has 0 bridgehead atoms. The molecule has 4 heteroatoms. The summed E-state index contributed by atoms with van der Waals surface area (Å²) in [5.74, 6) is 0.518. The first-order valence-corrected chi connectivity index (χ1v) is 5.99. The third-order valence-electron chi connectivity index (χ3n) is 4.76. The van der Waals surface area contributed by atoms with Gasteiger partial charge in [0.05, 0.1) is 5.69 Å².